The highest BCUT2D eigenvalue weighted by Crippen LogP contribution is 2.24. The summed E-state index contributed by atoms with van der Waals surface area (Å²) in [6, 6.07) is 17.2. The molecular formula is C24H22FN3O3. The van der Waals surface area contributed by atoms with Crippen LogP contribution in [0.2, 0.25) is 0 Å². The van der Waals surface area contributed by atoms with Crippen molar-refractivity contribution < 1.29 is 18.3 Å². The molecule has 158 valence electrons. The number of hydrogen-bond acceptors (Lipinski definition) is 4. The largest absolute Gasteiger partial charge is 0.485 e. The molecule has 0 radical (unpaired) electrons. The van der Waals surface area contributed by atoms with E-state index in [-0.39, 0.29) is 18.2 Å². The van der Waals surface area contributed by atoms with Crippen LogP contribution in [0, 0.1) is 19.7 Å². The number of hydrogen-bond donors (Lipinski definition) is 1. The number of anilines is 1. The summed E-state index contributed by atoms with van der Waals surface area (Å²) in [6.45, 7) is 4.67. The van der Waals surface area contributed by atoms with Crippen LogP contribution in [-0.4, -0.2) is 15.7 Å². The molecule has 0 saturated heterocycles. The average Bonchev–Trinajstić information content (AvgIpc) is 3.39. The van der Waals surface area contributed by atoms with Crippen molar-refractivity contribution in [3.63, 3.8) is 0 Å². The van der Waals surface area contributed by atoms with Crippen molar-refractivity contribution in [3.8, 4) is 5.75 Å². The van der Waals surface area contributed by atoms with Crippen molar-refractivity contribution in [2.75, 3.05) is 5.32 Å². The zero-order chi connectivity index (χ0) is 21.8. The number of amides is 1. The molecule has 2 aromatic heterocycles. The third-order valence-corrected chi connectivity index (χ3v) is 4.79. The Morgan fingerprint density at radius 2 is 1.81 bits per heavy atom. The number of carbonyl (C=O) groups is 1. The van der Waals surface area contributed by atoms with Gasteiger partial charge in [0.2, 0.25) is 0 Å². The molecule has 0 spiro atoms. The number of nitrogens with one attached hydrogen (secondary N) is 1. The van der Waals surface area contributed by atoms with Gasteiger partial charge >= 0.3 is 0 Å². The third kappa shape index (κ3) is 5.01. The van der Waals surface area contributed by atoms with Crippen LogP contribution in [0.3, 0.4) is 0 Å². The summed E-state index contributed by atoms with van der Waals surface area (Å²) in [4.78, 5) is 12.5. The minimum atomic E-state index is -0.398. The van der Waals surface area contributed by atoms with Gasteiger partial charge in [-0.1, -0.05) is 30.3 Å². The van der Waals surface area contributed by atoms with Crippen LogP contribution in [0.1, 0.15) is 33.0 Å². The molecule has 0 atom stereocenters. The molecule has 2 heterocycles. The number of furan rings is 1. The maximum Gasteiger partial charge on any atom is 0.292 e. The van der Waals surface area contributed by atoms with Gasteiger partial charge in [0.15, 0.2) is 11.6 Å². The zero-order valence-electron chi connectivity index (χ0n) is 17.3. The Kier molecular flexibility index (Phi) is 5.84. The maximum absolute atomic E-state index is 13.0. The van der Waals surface area contributed by atoms with E-state index < -0.39 is 5.91 Å². The fourth-order valence-electron chi connectivity index (χ4n) is 3.22. The summed E-state index contributed by atoms with van der Waals surface area (Å²) in [5.74, 6) is 1.26. The van der Waals surface area contributed by atoms with Gasteiger partial charge in [0, 0.05) is 12.3 Å². The monoisotopic (exact) mass is 419 g/mol. The number of para-hydroxylation sites is 1. The molecule has 0 aliphatic heterocycles. The first kappa shape index (κ1) is 20.4. The van der Waals surface area contributed by atoms with Crippen molar-refractivity contribution in [1.29, 1.82) is 0 Å². The lowest BCUT2D eigenvalue weighted by Gasteiger charge is -2.10. The molecule has 4 aromatic rings. The van der Waals surface area contributed by atoms with E-state index in [9.17, 15) is 9.18 Å². The van der Waals surface area contributed by atoms with E-state index in [4.69, 9.17) is 9.15 Å². The number of carbonyl (C=O) groups excluding carboxylic acids is 1. The molecule has 0 unspecified atom stereocenters. The first-order valence-electron chi connectivity index (χ1n) is 9.85. The standard InChI is InChI=1S/C24H22FN3O3/c1-16-4-3-5-17(2)23(16)30-15-20-10-11-21(31-20)24(29)26-22-12-13-28(27-22)14-18-6-8-19(25)9-7-18/h3-13H,14-15H2,1-2H3,(H,26,27,29). The van der Waals surface area contributed by atoms with E-state index >= 15 is 0 Å². The minimum absolute atomic E-state index is 0.174. The average molecular weight is 419 g/mol. The Hall–Kier alpha value is -3.87. The molecule has 2 aromatic carbocycles. The summed E-state index contributed by atoms with van der Waals surface area (Å²) < 4.78 is 26.2. The smallest absolute Gasteiger partial charge is 0.292 e. The lowest BCUT2D eigenvalue weighted by molar-refractivity contribution is 0.0992. The predicted octanol–water partition coefficient (Wildman–Crippen LogP) is 5.11. The Bertz CT molecular complexity index is 1170. The normalized spacial score (nSPS) is 10.8. The Labute approximate surface area is 179 Å². The lowest BCUT2D eigenvalue weighted by Crippen LogP contribution is -2.12. The molecule has 31 heavy (non-hydrogen) atoms. The van der Waals surface area contributed by atoms with Crippen LogP contribution in [0.25, 0.3) is 0 Å². The van der Waals surface area contributed by atoms with E-state index in [1.165, 1.54) is 12.1 Å². The minimum Gasteiger partial charge on any atom is -0.485 e. The number of ether oxygens (including phenoxy) is 1. The van der Waals surface area contributed by atoms with Gasteiger partial charge in [0.25, 0.3) is 5.91 Å². The molecule has 1 amide bonds. The van der Waals surface area contributed by atoms with Crippen molar-refractivity contribution in [3.05, 3.63) is 101 Å². The number of aryl methyl sites for hydroxylation is 2. The number of rotatable bonds is 7. The van der Waals surface area contributed by atoms with Crippen LogP contribution in [0.15, 0.2) is 71.3 Å². The molecule has 0 saturated carbocycles. The van der Waals surface area contributed by atoms with Crippen LogP contribution < -0.4 is 10.1 Å². The van der Waals surface area contributed by atoms with Gasteiger partial charge in [-0.15, -0.1) is 0 Å². The number of nitrogens with zero attached hydrogens (tertiary/aromatic N) is 2. The van der Waals surface area contributed by atoms with E-state index in [2.05, 4.69) is 10.4 Å². The highest BCUT2D eigenvalue weighted by Gasteiger charge is 2.14. The summed E-state index contributed by atoms with van der Waals surface area (Å²) >= 11 is 0. The second kappa shape index (κ2) is 8.87. The molecule has 1 N–H and O–H groups in total. The second-order valence-corrected chi connectivity index (χ2v) is 7.25. The maximum atomic E-state index is 13.0. The van der Waals surface area contributed by atoms with Crippen molar-refractivity contribution >= 4 is 11.7 Å². The molecule has 0 aliphatic carbocycles. The second-order valence-electron chi connectivity index (χ2n) is 7.25. The Morgan fingerprint density at radius 1 is 1.06 bits per heavy atom. The van der Waals surface area contributed by atoms with Crippen LogP contribution in [-0.2, 0) is 13.2 Å². The van der Waals surface area contributed by atoms with E-state index in [0.717, 1.165) is 22.4 Å². The van der Waals surface area contributed by atoms with Gasteiger partial charge in [-0.25, -0.2) is 4.39 Å². The highest BCUT2D eigenvalue weighted by molar-refractivity contribution is 6.01. The first-order chi connectivity index (χ1) is 15.0. The third-order valence-electron chi connectivity index (χ3n) is 4.79. The Balaban J connectivity index is 1.35. The zero-order valence-corrected chi connectivity index (χ0v) is 17.3. The van der Waals surface area contributed by atoms with Crippen molar-refractivity contribution in [2.24, 2.45) is 0 Å². The van der Waals surface area contributed by atoms with Crippen molar-refractivity contribution in [2.45, 2.75) is 27.0 Å². The van der Waals surface area contributed by atoms with Gasteiger partial charge in [-0.3, -0.25) is 9.48 Å². The molecule has 6 nitrogen and oxygen atoms in total. The highest BCUT2D eigenvalue weighted by atomic mass is 19.1. The summed E-state index contributed by atoms with van der Waals surface area (Å²) in [7, 11) is 0. The number of benzene rings is 2. The quantitative estimate of drug-likeness (QED) is 0.452. The summed E-state index contributed by atoms with van der Waals surface area (Å²) in [6.07, 6.45) is 1.74. The first-order valence-corrected chi connectivity index (χ1v) is 9.85. The molecule has 4 rings (SSSR count). The van der Waals surface area contributed by atoms with Gasteiger partial charge < -0.3 is 14.5 Å². The lowest BCUT2D eigenvalue weighted by atomic mass is 10.1. The summed E-state index contributed by atoms with van der Waals surface area (Å²) in [5, 5.41) is 7.03. The van der Waals surface area contributed by atoms with Crippen molar-refractivity contribution in [1.82, 2.24) is 9.78 Å². The SMILES string of the molecule is Cc1cccc(C)c1OCc1ccc(C(=O)Nc2ccn(Cc3ccc(F)cc3)n2)o1. The molecule has 7 heteroatoms. The topological polar surface area (TPSA) is 69.3 Å². The van der Waals surface area contributed by atoms with E-state index in [1.54, 1.807) is 41.2 Å². The van der Waals surface area contributed by atoms with E-state index in [1.807, 2.05) is 32.0 Å². The van der Waals surface area contributed by atoms with E-state index in [0.29, 0.717) is 18.1 Å². The fraction of sp³-hybridized carbons (Fsp3) is 0.167. The molecule has 0 bridgehead atoms. The number of aromatic nitrogens is 2. The fourth-order valence-corrected chi connectivity index (χ4v) is 3.22. The van der Waals surface area contributed by atoms with Gasteiger partial charge in [-0.2, -0.15) is 5.10 Å². The molecular weight excluding hydrogens is 397 g/mol. The van der Waals surface area contributed by atoms with Crippen LogP contribution in [0.4, 0.5) is 10.2 Å². The molecule has 0 fully saturated rings. The predicted molar refractivity (Wildman–Crippen MR) is 115 cm³/mol. The molecule has 0 aliphatic rings. The van der Waals surface area contributed by atoms with Gasteiger partial charge in [0.05, 0.1) is 6.54 Å². The van der Waals surface area contributed by atoms with Gasteiger partial charge in [0.1, 0.15) is 23.9 Å². The number of halogens is 1. The van der Waals surface area contributed by atoms with Crippen LogP contribution >= 0.6 is 0 Å². The Morgan fingerprint density at radius 3 is 2.55 bits per heavy atom. The van der Waals surface area contributed by atoms with Gasteiger partial charge in [-0.05, 0) is 54.8 Å². The van der Waals surface area contributed by atoms with Crippen LogP contribution in [0.5, 0.6) is 5.75 Å². The summed E-state index contributed by atoms with van der Waals surface area (Å²) in [5.41, 5.74) is 2.99.